The van der Waals surface area contributed by atoms with Crippen molar-refractivity contribution in [3.63, 3.8) is 0 Å². The minimum atomic E-state index is -0.310. The fraction of sp³-hybridized carbons (Fsp3) is 0.200. The molecule has 8 nitrogen and oxygen atoms in total. The highest BCUT2D eigenvalue weighted by molar-refractivity contribution is 7.99. The van der Waals surface area contributed by atoms with E-state index in [1.165, 1.54) is 16.8 Å². The van der Waals surface area contributed by atoms with Gasteiger partial charge in [0.25, 0.3) is 5.91 Å². The molecule has 0 saturated heterocycles. The van der Waals surface area contributed by atoms with Crippen molar-refractivity contribution in [1.82, 2.24) is 19.8 Å². The predicted molar refractivity (Wildman–Crippen MR) is 116 cm³/mol. The van der Waals surface area contributed by atoms with Gasteiger partial charge in [-0.15, -0.1) is 16.8 Å². The molecular formula is C20H19ClN6O2S. The second-order valence-corrected chi connectivity index (χ2v) is 7.93. The maximum absolute atomic E-state index is 13.1. The van der Waals surface area contributed by atoms with Crippen molar-refractivity contribution in [3.8, 4) is 0 Å². The summed E-state index contributed by atoms with van der Waals surface area (Å²) in [4.78, 5) is 13.1. The normalized spacial score (nSPS) is 16.0. The summed E-state index contributed by atoms with van der Waals surface area (Å²) in [7, 11) is 0. The van der Waals surface area contributed by atoms with Gasteiger partial charge >= 0.3 is 0 Å². The molecule has 0 radical (unpaired) electrons. The minimum Gasteiger partial charge on any atom is -0.467 e. The second-order valence-electron chi connectivity index (χ2n) is 6.56. The number of carbonyl (C=O) groups is 1. The van der Waals surface area contributed by atoms with Gasteiger partial charge in [-0.1, -0.05) is 41.6 Å². The molecule has 0 aliphatic carbocycles. The molecule has 1 atom stereocenters. The molecule has 2 N–H and O–H groups in total. The molecule has 1 unspecified atom stereocenters. The van der Waals surface area contributed by atoms with Gasteiger partial charge in [-0.2, -0.15) is 5.10 Å². The van der Waals surface area contributed by atoms with Gasteiger partial charge in [-0.05, 0) is 29.8 Å². The number of nitrogens with two attached hydrogens (primary N) is 1. The van der Waals surface area contributed by atoms with Crippen molar-refractivity contribution in [2.24, 2.45) is 5.10 Å². The van der Waals surface area contributed by atoms with Crippen LogP contribution in [0.15, 0.2) is 70.0 Å². The number of hydrazone groups is 1. The summed E-state index contributed by atoms with van der Waals surface area (Å²) in [6, 6.07) is 10.7. The Hall–Kier alpha value is -3.04. The standard InChI is InChI=1S/C20H19ClN6O2S/c1-2-9-26-19(22)23-24-20(26)30-12-18(28)27-16(17-4-3-10-29-17)11-15(25-27)13-5-7-14(21)8-6-13/h2-8,10,16H,1,9,11-12H2,(H2,22,23). The maximum Gasteiger partial charge on any atom is 0.253 e. The van der Waals surface area contributed by atoms with Crippen LogP contribution in [0.25, 0.3) is 0 Å². The zero-order valence-corrected chi connectivity index (χ0v) is 17.5. The number of allylic oxidation sites excluding steroid dienone is 1. The molecule has 1 aliphatic heterocycles. The van der Waals surface area contributed by atoms with Gasteiger partial charge in [0.15, 0.2) is 5.16 Å². The van der Waals surface area contributed by atoms with E-state index in [0.29, 0.717) is 28.9 Å². The summed E-state index contributed by atoms with van der Waals surface area (Å²) in [5.41, 5.74) is 7.54. The predicted octanol–water partition coefficient (Wildman–Crippen LogP) is 3.76. The zero-order chi connectivity index (χ0) is 21.1. The molecule has 4 rings (SSSR count). The molecule has 10 heteroatoms. The quantitative estimate of drug-likeness (QED) is 0.441. The number of rotatable bonds is 7. The lowest BCUT2D eigenvalue weighted by Gasteiger charge is -2.19. The SMILES string of the molecule is C=CCn1c(N)nnc1SCC(=O)N1N=C(c2ccc(Cl)cc2)CC1c1ccco1. The van der Waals surface area contributed by atoms with Crippen molar-refractivity contribution in [2.75, 3.05) is 11.5 Å². The van der Waals surface area contributed by atoms with E-state index < -0.39 is 0 Å². The Balaban J connectivity index is 1.55. The van der Waals surface area contributed by atoms with Crippen LogP contribution in [-0.2, 0) is 11.3 Å². The Labute approximate surface area is 182 Å². The lowest BCUT2D eigenvalue weighted by molar-refractivity contribution is -0.130. The van der Waals surface area contributed by atoms with Gasteiger partial charge in [0.05, 0.1) is 17.7 Å². The highest BCUT2D eigenvalue weighted by atomic mass is 35.5. The molecule has 0 saturated carbocycles. The van der Waals surface area contributed by atoms with Gasteiger partial charge in [-0.3, -0.25) is 9.36 Å². The van der Waals surface area contributed by atoms with Crippen LogP contribution in [0, 0.1) is 0 Å². The van der Waals surface area contributed by atoms with Gasteiger partial charge in [0.1, 0.15) is 11.8 Å². The fourth-order valence-electron chi connectivity index (χ4n) is 3.16. The van der Waals surface area contributed by atoms with Crippen LogP contribution in [-0.4, -0.2) is 37.1 Å². The van der Waals surface area contributed by atoms with E-state index in [0.717, 1.165) is 11.3 Å². The lowest BCUT2D eigenvalue weighted by atomic mass is 10.0. The smallest absolute Gasteiger partial charge is 0.253 e. The molecule has 1 aromatic carbocycles. The summed E-state index contributed by atoms with van der Waals surface area (Å²) >= 11 is 7.25. The number of nitrogen functional groups attached to an aromatic ring is 1. The molecule has 1 aliphatic rings. The molecule has 3 heterocycles. The van der Waals surface area contributed by atoms with Gasteiger partial charge in [0, 0.05) is 18.0 Å². The van der Waals surface area contributed by atoms with Gasteiger partial charge in [0.2, 0.25) is 5.95 Å². The molecule has 2 aromatic heterocycles. The highest BCUT2D eigenvalue weighted by Gasteiger charge is 2.35. The van der Waals surface area contributed by atoms with Crippen LogP contribution < -0.4 is 5.73 Å². The third-order valence-corrected chi connectivity index (χ3v) is 5.80. The summed E-state index contributed by atoms with van der Waals surface area (Å²) in [6.45, 7) is 4.17. The molecule has 0 spiro atoms. The summed E-state index contributed by atoms with van der Waals surface area (Å²) in [5, 5.41) is 15.2. The van der Waals surface area contributed by atoms with Crippen molar-refractivity contribution < 1.29 is 9.21 Å². The van der Waals surface area contributed by atoms with Crippen LogP contribution in [0.5, 0.6) is 0 Å². The topological polar surface area (TPSA) is 103 Å². The first-order valence-corrected chi connectivity index (χ1v) is 10.5. The first kappa shape index (κ1) is 20.2. The van der Waals surface area contributed by atoms with Crippen molar-refractivity contribution in [2.45, 2.75) is 24.2 Å². The average Bonchev–Trinajstić information content (AvgIpc) is 3.48. The number of thioether (sulfide) groups is 1. The highest BCUT2D eigenvalue weighted by Crippen LogP contribution is 2.34. The Kier molecular flexibility index (Phi) is 5.91. The van der Waals surface area contributed by atoms with Crippen LogP contribution in [0.1, 0.15) is 23.8 Å². The summed E-state index contributed by atoms with van der Waals surface area (Å²) in [6.07, 6.45) is 3.83. The molecule has 0 fully saturated rings. The number of furan rings is 1. The third kappa shape index (κ3) is 4.12. The van der Waals surface area contributed by atoms with E-state index in [4.69, 9.17) is 21.8 Å². The number of benzene rings is 1. The van der Waals surface area contributed by atoms with E-state index in [2.05, 4.69) is 21.9 Å². The number of nitrogens with zero attached hydrogens (tertiary/aromatic N) is 5. The molecular weight excluding hydrogens is 424 g/mol. The summed E-state index contributed by atoms with van der Waals surface area (Å²) in [5.74, 6) is 0.920. The van der Waals surface area contributed by atoms with Gasteiger partial charge in [-0.25, -0.2) is 5.01 Å². The van der Waals surface area contributed by atoms with Crippen LogP contribution in [0.3, 0.4) is 0 Å². The Morgan fingerprint density at radius 3 is 2.83 bits per heavy atom. The van der Waals surface area contributed by atoms with Crippen LogP contribution in [0.2, 0.25) is 5.02 Å². The molecule has 1 amide bonds. The number of hydrogen-bond donors (Lipinski definition) is 1. The number of amides is 1. The van der Waals surface area contributed by atoms with Crippen molar-refractivity contribution in [1.29, 1.82) is 0 Å². The number of halogens is 1. The van der Waals surface area contributed by atoms with E-state index in [9.17, 15) is 4.79 Å². The Bertz CT molecular complexity index is 1080. The number of hydrogen-bond acceptors (Lipinski definition) is 7. The second kappa shape index (κ2) is 8.76. The van der Waals surface area contributed by atoms with E-state index in [-0.39, 0.29) is 23.7 Å². The Morgan fingerprint density at radius 1 is 1.33 bits per heavy atom. The monoisotopic (exact) mass is 442 g/mol. The number of carbonyl (C=O) groups excluding carboxylic acids is 1. The van der Waals surface area contributed by atoms with Gasteiger partial charge < -0.3 is 10.2 Å². The lowest BCUT2D eigenvalue weighted by Crippen LogP contribution is -2.28. The first-order valence-electron chi connectivity index (χ1n) is 9.18. The first-order chi connectivity index (χ1) is 14.6. The largest absolute Gasteiger partial charge is 0.467 e. The third-order valence-electron chi connectivity index (χ3n) is 4.60. The Morgan fingerprint density at radius 2 is 2.13 bits per heavy atom. The molecule has 154 valence electrons. The zero-order valence-electron chi connectivity index (χ0n) is 15.9. The molecule has 3 aromatic rings. The number of aromatic nitrogens is 3. The maximum atomic E-state index is 13.1. The molecule has 30 heavy (non-hydrogen) atoms. The fourth-order valence-corrected chi connectivity index (χ4v) is 4.09. The molecule has 0 bridgehead atoms. The van der Waals surface area contributed by atoms with E-state index in [1.54, 1.807) is 35.1 Å². The van der Waals surface area contributed by atoms with E-state index >= 15 is 0 Å². The van der Waals surface area contributed by atoms with E-state index in [1.807, 2.05) is 18.2 Å². The van der Waals surface area contributed by atoms with Crippen molar-refractivity contribution >= 4 is 40.9 Å². The number of anilines is 1. The summed E-state index contributed by atoms with van der Waals surface area (Å²) < 4.78 is 7.26. The minimum absolute atomic E-state index is 0.129. The van der Waals surface area contributed by atoms with Crippen LogP contribution >= 0.6 is 23.4 Å². The van der Waals surface area contributed by atoms with Crippen LogP contribution in [0.4, 0.5) is 5.95 Å². The average molecular weight is 443 g/mol. The van der Waals surface area contributed by atoms with Crippen molar-refractivity contribution in [3.05, 3.63) is 71.7 Å².